The van der Waals surface area contributed by atoms with Gasteiger partial charge in [0, 0.05) is 24.8 Å². The molecule has 0 saturated carbocycles. The van der Waals surface area contributed by atoms with Crippen LogP contribution < -0.4 is 11.1 Å². The number of nitrogens with one attached hydrogen (secondary N) is 1. The lowest BCUT2D eigenvalue weighted by atomic mass is 9.96. The summed E-state index contributed by atoms with van der Waals surface area (Å²) in [5, 5.41) is 7.50. The van der Waals surface area contributed by atoms with E-state index in [0.717, 1.165) is 36.3 Å². The molecule has 2 rings (SSSR count). The van der Waals surface area contributed by atoms with Gasteiger partial charge < -0.3 is 11.1 Å². The molecule has 2 heterocycles. The number of rotatable bonds is 5. The van der Waals surface area contributed by atoms with Crippen molar-refractivity contribution >= 4 is 11.8 Å². The van der Waals surface area contributed by atoms with Crippen LogP contribution in [-0.2, 0) is 16.6 Å². The molecule has 1 aliphatic rings. The summed E-state index contributed by atoms with van der Waals surface area (Å²) in [5.41, 5.74) is 8.33. The van der Waals surface area contributed by atoms with Gasteiger partial charge in [-0.15, -0.1) is 0 Å². The summed E-state index contributed by atoms with van der Waals surface area (Å²) in [6, 6.07) is -0.0808. The second-order valence-electron chi connectivity index (χ2n) is 6.48. The zero-order chi connectivity index (χ0) is 17.1. The van der Waals surface area contributed by atoms with Gasteiger partial charge in [0.15, 0.2) is 0 Å². The standard InChI is InChI=1S/C16H27N5O2/c1-10(15-11(2)19-20(4)12(15)3)18-16(23)13-6-5-7-21(8-13)9-14(17)22/h10,13H,5-9H2,1-4H3,(H2,17,22)(H,18,23). The molecule has 2 unspecified atom stereocenters. The number of nitrogens with two attached hydrogens (primary N) is 1. The van der Waals surface area contributed by atoms with Gasteiger partial charge >= 0.3 is 0 Å². The first-order chi connectivity index (χ1) is 10.8. The van der Waals surface area contributed by atoms with Crippen LogP contribution in [0.4, 0.5) is 0 Å². The Morgan fingerprint density at radius 1 is 1.43 bits per heavy atom. The highest BCUT2D eigenvalue weighted by Crippen LogP contribution is 2.22. The minimum atomic E-state index is -0.346. The second kappa shape index (κ2) is 7.12. The molecule has 23 heavy (non-hydrogen) atoms. The number of primary amides is 1. The van der Waals surface area contributed by atoms with E-state index in [-0.39, 0.29) is 30.3 Å². The Hall–Kier alpha value is -1.89. The maximum atomic E-state index is 12.6. The van der Waals surface area contributed by atoms with Gasteiger partial charge in [-0.25, -0.2) is 0 Å². The highest BCUT2D eigenvalue weighted by molar-refractivity contribution is 5.80. The van der Waals surface area contributed by atoms with Gasteiger partial charge in [0.1, 0.15) is 0 Å². The fourth-order valence-electron chi connectivity index (χ4n) is 3.45. The monoisotopic (exact) mass is 321 g/mol. The van der Waals surface area contributed by atoms with Crippen molar-refractivity contribution < 1.29 is 9.59 Å². The molecule has 1 fully saturated rings. The van der Waals surface area contributed by atoms with Crippen molar-refractivity contribution in [2.75, 3.05) is 19.6 Å². The molecule has 1 aromatic heterocycles. The van der Waals surface area contributed by atoms with Crippen molar-refractivity contribution in [3.63, 3.8) is 0 Å². The Balaban J connectivity index is 1.99. The summed E-state index contributed by atoms with van der Waals surface area (Å²) in [6.07, 6.45) is 1.75. The number of carbonyl (C=O) groups excluding carboxylic acids is 2. The third kappa shape index (κ3) is 4.10. The van der Waals surface area contributed by atoms with Crippen molar-refractivity contribution in [1.82, 2.24) is 20.0 Å². The Kier molecular flexibility index (Phi) is 5.41. The number of carbonyl (C=O) groups is 2. The quantitative estimate of drug-likeness (QED) is 0.821. The van der Waals surface area contributed by atoms with Crippen molar-refractivity contribution in [2.45, 2.75) is 39.7 Å². The maximum Gasteiger partial charge on any atom is 0.231 e. The summed E-state index contributed by atoms with van der Waals surface area (Å²) in [4.78, 5) is 25.6. The normalized spacial score (nSPS) is 20.3. The molecule has 3 N–H and O–H groups in total. The molecule has 0 radical (unpaired) electrons. The van der Waals surface area contributed by atoms with Gasteiger partial charge in [0.25, 0.3) is 0 Å². The second-order valence-corrected chi connectivity index (χ2v) is 6.48. The number of aromatic nitrogens is 2. The molecule has 2 atom stereocenters. The third-order valence-corrected chi connectivity index (χ3v) is 4.61. The Morgan fingerprint density at radius 3 is 2.70 bits per heavy atom. The summed E-state index contributed by atoms with van der Waals surface area (Å²) < 4.78 is 1.84. The first-order valence-corrected chi connectivity index (χ1v) is 8.10. The van der Waals surface area contributed by atoms with Gasteiger partial charge in [-0.2, -0.15) is 5.10 Å². The average Bonchev–Trinajstić information content (AvgIpc) is 2.71. The van der Waals surface area contributed by atoms with E-state index in [1.165, 1.54) is 0 Å². The van der Waals surface area contributed by atoms with Crippen LogP contribution in [0.1, 0.15) is 42.8 Å². The number of hydrogen-bond donors (Lipinski definition) is 2. The van der Waals surface area contributed by atoms with E-state index < -0.39 is 0 Å². The lowest BCUT2D eigenvalue weighted by molar-refractivity contribution is -0.128. The summed E-state index contributed by atoms with van der Waals surface area (Å²) in [5.74, 6) is -0.404. The highest BCUT2D eigenvalue weighted by atomic mass is 16.2. The molecule has 128 valence electrons. The first kappa shape index (κ1) is 17.5. The highest BCUT2D eigenvalue weighted by Gasteiger charge is 2.28. The molecule has 0 aromatic carbocycles. The zero-order valence-corrected chi connectivity index (χ0v) is 14.4. The van der Waals surface area contributed by atoms with Crippen LogP contribution in [0.3, 0.4) is 0 Å². The van der Waals surface area contributed by atoms with Crippen LogP contribution in [-0.4, -0.2) is 46.1 Å². The van der Waals surface area contributed by atoms with Gasteiger partial charge in [-0.3, -0.25) is 19.2 Å². The predicted molar refractivity (Wildman–Crippen MR) is 87.6 cm³/mol. The van der Waals surface area contributed by atoms with E-state index in [9.17, 15) is 9.59 Å². The van der Waals surface area contributed by atoms with Gasteiger partial charge in [-0.05, 0) is 40.2 Å². The largest absolute Gasteiger partial charge is 0.369 e. The molecule has 1 aromatic rings. The molecule has 2 amide bonds. The Morgan fingerprint density at radius 2 is 2.13 bits per heavy atom. The Labute approximate surface area is 137 Å². The number of hydrogen-bond acceptors (Lipinski definition) is 4. The zero-order valence-electron chi connectivity index (χ0n) is 14.4. The molecular formula is C16H27N5O2. The molecule has 0 aliphatic carbocycles. The lowest BCUT2D eigenvalue weighted by Gasteiger charge is -2.31. The van der Waals surface area contributed by atoms with Crippen LogP contribution in [0.2, 0.25) is 0 Å². The minimum Gasteiger partial charge on any atom is -0.369 e. The lowest BCUT2D eigenvalue weighted by Crippen LogP contribution is -2.46. The number of piperidine rings is 1. The predicted octanol–water partition coefficient (Wildman–Crippen LogP) is 0.411. The van der Waals surface area contributed by atoms with E-state index in [2.05, 4.69) is 10.4 Å². The van der Waals surface area contributed by atoms with Crippen molar-refractivity contribution in [3.8, 4) is 0 Å². The maximum absolute atomic E-state index is 12.6. The fraction of sp³-hybridized carbons (Fsp3) is 0.688. The smallest absolute Gasteiger partial charge is 0.231 e. The Bertz CT molecular complexity index is 596. The van der Waals surface area contributed by atoms with Crippen LogP contribution in [0, 0.1) is 19.8 Å². The van der Waals surface area contributed by atoms with E-state index in [0.29, 0.717) is 6.54 Å². The van der Waals surface area contributed by atoms with E-state index in [1.54, 1.807) is 0 Å². The minimum absolute atomic E-state index is 0.0364. The molecule has 0 bridgehead atoms. The van der Waals surface area contributed by atoms with Crippen LogP contribution in [0.15, 0.2) is 0 Å². The van der Waals surface area contributed by atoms with Crippen molar-refractivity contribution in [1.29, 1.82) is 0 Å². The van der Waals surface area contributed by atoms with Gasteiger partial charge in [0.05, 0.1) is 24.2 Å². The average molecular weight is 321 g/mol. The van der Waals surface area contributed by atoms with Crippen LogP contribution in [0.5, 0.6) is 0 Å². The van der Waals surface area contributed by atoms with E-state index in [4.69, 9.17) is 5.73 Å². The number of likely N-dealkylation sites (tertiary alicyclic amines) is 1. The van der Waals surface area contributed by atoms with Crippen LogP contribution in [0.25, 0.3) is 0 Å². The van der Waals surface area contributed by atoms with E-state index in [1.807, 2.05) is 37.4 Å². The fourth-order valence-corrected chi connectivity index (χ4v) is 3.45. The molecule has 7 heteroatoms. The van der Waals surface area contributed by atoms with Gasteiger partial charge in [-0.1, -0.05) is 0 Å². The number of aryl methyl sites for hydroxylation is 2. The molecule has 1 aliphatic heterocycles. The molecule has 7 nitrogen and oxygen atoms in total. The molecule has 1 saturated heterocycles. The molecular weight excluding hydrogens is 294 g/mol. The topological polar surface area (TPSA) is 93.2 Å². The first-order valence-electron chi connectivity index (χ1n) is 8.10. The number of amides is 2. The third-order valence-electron chi connectivity index (χ3n) is 4.61. The summed E-state index contributed by atoms with van der Waals surface area (Å²) >= 11 is 0. The molecule has 0 spiro atoms. The number of nitrogens with zero attached hydrogens (tertiary/aromatic N) is 3. The van der Waals surface area contributed by atoms with Gasteiger partial charge in [0.2, 0.25) is 11.8 Å². The van der Waals surface area contributed by atoms with Crippen LogP contribution >= 0.6 is 0 Å². The summed E-state index contributed by atoms with van der Waals surface area (Å²) in [7, 11) is 1.91. The van der Waals surface area contributed by atoms with Crippen molar-refractivity contribution in [2.24, 2.45) is 18.7 Å². The van der Waals surface area contributed by atoms with Crippen molar-refractivity contribution in [3.05, 3.63) is 17.0 Å². The SMILES string of the molecule is Cc1nn(C)c(C)c1C(C)NC(=O)C1CCCN(CC(N)=O)C1. The van der Waals surface area contributed by atoms with E-state index >= 15 is 0 Å². The summed E-state index contributed by atoms with van der Waals surface area (Å²) in [6.45, 7) is 7.59.